The van der Waals surface area contributed by atoms with E-state index in [9.17, 15) is 4.79 Å². The molecule has 0 unspecified atom stereocenters. The molecule has 0 aliphatic rings. The van der Waals surface area contributed by atoms with Crippen LogP contribution in [0, 0.1) is 5.41 Å². The molecule has 0 aliphatic heterocycles. The highest BCUT2D eigenvalue weighted by molar-refractivity contribution is 5.92. The summed E-state index contributed by atoms with van der Waals surface area (Å²) in [6.45, 7) is 5.75. The van der Waals surface area contributed by atoms with Crippen molar-refractivity contribution in [1.29, 1.82) is 0 Å². The number of aromatic nitrogens is 3. The molecule has 0 radical (unpaired) electrons. The molecule has 1 aromatic carbocycles. The van der Waals surface area contributed by atoms with Gasteiger partial charge in [-0.1, -0.05) is 45.0 Å². The maximum absolute atomic E-state index is 11.9. The number of hydrogen-bond acceptors (Lipinski definition) is 5. The fourth-order valence-electron chi connectivity index (χ4n) is 2.13. The maximum atomic E-state index is 11.9. The van der Waals surface area contributed by atoms with Crippen molar-refractivity contribution in [2.45, 2.75) is 27.3 Å². The largest absolute Gasteiger partial charge is 0.417 e. The zero-order valence-electron chi connectivity index (χ0n) is 13.3. The van der Waals surface area contributed by atoms with E-state index >= 15 is 0 Å². The van der Waals surface area contributed by atoms with E-state index in [1.54, 1.807) is 6.20 Å². The van der Waals surface area contributed by atoms with Gasteiger partial charge in [0, 0.05) is 17.0 Å². The van der Waals surface area contributed by atoms with Gasteiger partial charge in [-0.05, 0) is 11.5 Å². The van der Waals surface area contributed by atoms with Crippen LogP contribution >= 0.6 is 0 Å². The van der Waals surface area contributed by atoms with Gasteiger partial charge in [-0.3, -0.25) is 9.78 Å². The maximum Gasteiger partial charge on any atom is 0.266 e. The number of amides is 1. The van der Waals surface area contributed by atoms with Crippen molar-refractivity contribution >= 4 is 16.7 Å². The molecule has 0 atom stereocenters. The number of hydrogen-bond donors (Lipinski definition) is 1. The van der Waals surface area contributed by atoms with Crippen LogP contribution in [0.2, 0.25) is 0 Å². The van der Waals surface area contributed by atoms with Gasteiger partial charge in [0.1, 0.15) is 5.69 Å². The Kier molecular flexibility index (Phi) is 3.82. The number of carbonyl (C=O) groups excluding carboxylic acids is 1. The topological polar surface area (TPSA) is 80.9 Å². The minimum Gasteiger partial charge on any atom is -0.417 e. The molecule has 6 nitrogen and oxygen atoms in total. The van der Waals surface area contributed by atoms with E-state index in [1.807, 2.05) is 51.1 Å². The van der Waals surface area contributed by atoms with E-state index in [0.29, 0.717) is 17.5 Å². The van der Waals surface area contributed by atoms with Crippen LogP contribution in [0.4, 0.5) is 0 Å². The summed E-state index contributed by atoms with van der Waals surface area (Å²) in [6.07, 6.45) is 1.71. The lowest BCUT2D eigenvalue weighted by atomic mass is 9.96. The second-order valence-electron chi connectivity index (χ2n) is 6.31. The average Bonchev–Trinajstić information content (AvgIpc) is 3.00. The molecule has 1 amide bonds. The normalized spacial score (nSPS) is 11.6. The Hall–Kier alpha value is -2.76. The van der Waals surface area contributed by atoms with E-state index in [0.717, 1.165) is 10.8 Å². The van der Waals surface area contributed by atoms with Crippen molar-refractivity contribution in [2.75, 3.05) is 0 Å². The van der Waals surface area contributed by atoms with Crippen LogP contribution in [0.3, 0.4) is 0 Å². The molecule has 118 valence electrons. The predicted molar refractivity (Wildman–Crippen MR) is 86.3 cm³/mol. The summed E-state index contributed by atoms with van der Waals surface area (Å²) >= 11 is 0. The second kappa shape index (κ2) is 5.79. The number of rotatable bonds is 3. The van der Waals surface area contributed by atoms with Gasteiger partial charge in [0.2, 0.25) is 11.8 Å². The molecule has 0 saturated heterocycles. The van der Waals surface area contributed by atoms with Gasteiger partial charge in [-0.25, -0.2) is 0 Å². The first-order valence-corrected chi connectivity index (χ1v) is 7.40. The van der Waals surface area contributed by atoms with Crippen molar-refractivity contribution < 1.29 is 9.21 Å². The second-order valence-corrected chi connectivity index (χ2v) is 6.31. The number of pyridine rings is 1. The monoisotopic (exact) mass is 310 g/mol. The minimum atomic E-state index is -0.458. The summed E-state index contributed by atoms with van der Waals surface area (Å²) in [5.74, 6) is 0.634. The summed E-state index contributed by atoms with van der Waals surface area (Å²) in [6, 6.07) is 9.80. The lowest BCUT2D eigenvalue weighted by Gasteiger charge is -2.16. The Balaban J connectivity index is 1.83. The molecular formula is C17H18N4O2. The summed E-state index contributed by atoms with van der Waals surface area (Å²) in [4.78, 5) is 16.2. The number of fused-ring (bicyclic) bond motifs is 1. The lowest BCUT2D eigenvalue weighted by molar-refractivity contribution is -0.128. The fraction of sp³-hybridized carbons (Fsp3) is 0.294. The third-order valence-corrected chi connectivity index (χ3v) is 3.42. The van der Waals surface area contributed by atoms with E-state index < -0.39 is 5.41 Å². The number of carbonyl (C=O) groups is 1. The van der Waals surface area contributed by atoms with Crippen LogP contribution in [0.25, 0.3) is 22.4 Å². The first-order chi connectivity index (χ1) is 10.9. The van der Waals surface area contributed by atoms with Crippen molar-refractivity contribution in [1.82, 2.24) is 20.5 Å². The SMILES string of the molecule is CC(C)(C)C(=O)NCc1nnc(-c2nccc3ccccc23)o1. The van der Waals surface area contributed by atoms with Crippen LogP contribution in [-0.2, 0) is 11.3 Å². The number of benzene rings is 1. The summed E-state index contributed by atoms with van der Waals surface area (Å²) < 4.78 is 5.64. The van der Waals surface area contributed by atoms with E-state index in [-0.39, 0.29) is 12.5 Å². The van der Waals surface area contributed by atoms with Gasteiger partial charge in [0.05, 0.1) is 6.54 Å². The zero-order chi connectivity index (χ0) is 16.4. The molecular weight excluding hydrogens is 292 g/mol. The van der Waals surface area contributed by atoms with Crippen molar-refractivity contribution in [3.63, 3.8) is 0 Å². The Morgan fingerprint density at radius 1 is 1.17 bits per heavy atom. The molecule has 0 aliphatic carbocycles. The Labute approximate surface area is 133 Å². The van der Waals surface area contributed by atoms with Crippen LogP contribution in [0.1, 0.15) is 26.7 Å². The predicted octanol–water partition coefficient (Wildman–Crippen LogP) is 2.95. The molecule has 0 saturated carbocycles. The van der Waals surface area contributed by atoms with Gasteiger partial charge in [0.25, 0.3) is 5.89 Å². The molecule has 3 aromatic rings. The first-order valence-electron chi connectivity index (χ1n) is 7.40. The van der Waals surface area contributed by atoms with E-state index in [1.165, 1.54) is 0 Å². The third-order valence-electron chi connectivity index (χ3n) is 3.42. The quantitative estimate of drug-likeness (QED) is 0.804. The van der Waals surface area contributed by atoms with Gasteiger partial charge in [-0.2, -0.15) is 0 Å². The average molecular weight is 310 g/mol. The first kappa shape index (κ1) is 15.1. The Morgan fingerprint density at radius 3 is 2.74 bits per heavy atom. The van der Waals surface area contributed by atoms with Crippen LogP contribution in [0.15, 0.2) is 40.9 Å². The molecule has 0 fully saturated rings. The van der Waals surface area contributed by atoms with Crippen LogP contribution in [-0.4, -0.2) is 21.1 Å². The number of nitrogens with zero attached hydrogens (tertiary/aromatic N) is 3. The van der Waals surface area contributed by atoms with Crippen molar-refractivity contribution in [3.05, 3.63) is 42.4 Å². The summed E-state index contributed by atoms with van der Waals surface area (Å²) in [7, 11) is 0. The molecule has 1 N–H and O–H groups in total. The minimum absolute atomic E-state index is 0.0689. The van der Waals surface area contributed by atoms with Crippen LogP contribution < -0.4 is 5.32 Å². The highest BCUT2D eigenvalue weighted by Gasteiger charge is 2.21. The summed E-state index contributed by atoms with van der Waals surface area (Å²) in [5, 5.41) is 12.8. The van der Waals surface area contributed by atoms with Crippen molar-refractivity contribution in [2.24, 2.45) is 5.41 Å². The Bertz CT molecular complexity index is 844. The smallest absolute Gasteiger partial charge is 0.266 e. The van der Waals surface area contributed by atoms with Crippen LogP contribution in [0.5, 0.6) is 0 Å². The molecule has 0 bridgehead atoms. The molecule has 6 heteroatoms. The fourth-order valence-corrected chi connectivity index (χ4v) is 2.13. The summed E-state index contributed by atoms with van der Waals surface area (Å²) in [5.41, 5.74) is 0.184. The highest BCUT2D eigenvalue weighted by atomic mass is 16.4. The molecule has 3 rings (SSSR count). The van der Waals surface area contributed by atoms with E-state index in [4.69, 9.17) is 4.42 Å². The van der Waals surface area contributed by atoms with E-state index in [2.05, 4.69) is 20.5 Å². The molecule has 2 heterocycles. The van der Waals surface area contributed by atoms with Gasteiger partial charge in [-0.15, -0.1) is 10.2 Å². The highest BCUT2D eigenvalue weighted by Crippen LogP contribution is 2.25. The molecule has 2 aromatic heterocycles. The van der Waals surface area contributed by atoms with Gasteiger partial charge < -0.3 is 9.73 Å². The third kappa shape index (κ3) is 3.21. The Morgan fingerprint density at radius 2 is 1.96 bits per heavy atom. The molecule has 0 spiro atoms. The van der Waals surface area contributed by atoms with Gasteiger partial charge in [0.15, 0.2) is 0 Å². The lowest BCUT2D eigenvalue weighted by Crippen LogP contribution is -2.34. The van der Waals surface area contributed by atoms with Crippen molar-refractivity contribution in [3.8, 4) is 11.6 Å². The standard InChI is InChI=1S/C17H18N4O2/c1-17(2,3)16(22)19-10-13-20-21-15(23-13)14-12-7-5-4-6-11(12)8-9-18-14/h4-9H,10H2,1-3H3,(H,19,22). The number of nitrogens with one attached hydrogen (secondary N) is 1. The van der Waals surface area contributed by atoms with Gasteiger partial charge >= 0.3 is 0 Å². The zero-order valence-corrected chi connectivity index (χ0v) is 13.3. The molecule has 23 heavy (non-hydrogen) atoms.